The molecule has 0 radical (unpaired) electrons. The highest BCUT2D eigenvalue weighted by atomic mass is 32.2. The van der Waals surface area contributed by atoms with Crippen molar-refractivity contribution in [3.05, 3.63) is 71.3 Å². The van der Waals surface area contributed by atoms with Gasteiger partial charge in [-0.1, -0.05) is 49.6 Å². The van der Waals surface area contributed by atoms with Crippen LogP contribution in [0.5, 0.6) is 0 Å². The van der Waals surface area contributed by atoms with Crippen LogP contribution >= 0.6 is 11.8 Å². The van der Waals surface area contributed by atoms with Crippen molar-refractivity contribution in [3.63, 3.8) is 0 Å². The standard InChI is InChI=1S/C21H22F3NOS/c22-21(23,24)17-13-11-16(12-14-17)20(27-18-9-5-2-6-10-18)25-19(26)15-7-3-1-4-8-15/h1,3-4,7-8,11-14,18,20H,2,5-6,9-10H2,(H,25,26). The maximum atomic E-state index is 12.8. The van der Waals surface area contributed by atoms with E-state index < -0.39 is 11.7 Å². The lowest BCUT2D eigenvalue weighted by atomic mass is 10.0. The number of halogens is 3. The Bertz CT molecular complexity index is 740. The summed E-state index contributed by atoms with van der Waals surface area (Å²) in [7, 11) is 0. The molecule has 1 atom stereocenters. The third-order valence-electron chi connectivity index (χ3n) is 4.72. The molecule has 1 saturated carbocycles. The van der Waals surface area contributed by atoms with Crippen LogP contribution in [-0.4, -0.2) is 11.2 Å². The molecule has 0 heterocycles. The number of thioether (sulfide) groups is 1. The number of hydrogen-bond donors (Lipinski definition) is 1. The highest BCUT2D eigenvalue weighted by molar-refractivity contribution is 8.00. The molecular formula is C21H22F3NOS. The first-order chi connectivity index (χ1) is 12.9. The highest BCUT2D eigenvalue weighted by Gasteiger charge is 2.31. The molecule has 0 saturated heterocycles. The molecule has 1 amide bonds. The quantitative estimate of drug-likeness (QED) is 0.613. The summed E-state index contributed by atoms with van der Waals surface area (Å²) in [5.41, 5.74) is 0.545. The van der Waals surface area contributed by atoms with Crippen LogP contribution in [0, 0.1) is 0 Å². The van der Waals surface area contributed by atoms with Crippen molar-refractivity contribution < 1.29 is 18.0 Å². The summed E-state index contributed by atoms with van der Waals surface area (Å²) in [4.78, 5) is 12.6. The van der Waals surface area contributed by atoms with Crippen molar-refractivity contribution >= 4 is 17.7 Å². The Labute approximate surface area is 161 Å². The molecule has 0 spiro atoms. The lowest BCUT2D eigenvalue weighted by Crippen LogP contribution is -2.28. The van der Waals surface area contributed by atoms with E-state index in [9.17, 15) is 18.0 Å². The fourth-order valence-corrected chi connectivity index (χ4v) is 4.71. The van der Waals surface area contributed by atoms with Gasteiger partial charge in [-0.3, -0.25) is 4.79 Å². The number of rotatable bonds is 5. The average Bonchev–Trinajstić information content (AvgIpc) is 2.68. The van der Waals surface area contributed by atoms with Gasteiger partial charge in [0.1, 0.15) is 5.37 Å². The Kier molecular flexibility index (Phi) is 6.47. The van der Waals surface area contributed by atoms with Gasteiger partial charge in [0.25, 0.3) is 5.91 Å². The zero-order valence-electron chi connectivity index (χ0n) is 14.8. The highest BCUT2D eigenvalue weighted by Crippen LogP contribution is 2.38. The Morgan fingerprint density at radius 1 is 0.963 bits per heavy atom. The van der Waals surface area contributed by atoms with Gasteiger partial charge >= 0.3 is 6.18 Å². The van der Waals surface area contributed by atoms with E-state index >= 15 is 0 Å². The first-order valence-corrected chi connectivity index (χ1v) is 10.1. The number of carbonyl (C=O) groups is 1. The summed E-state index contributed by atoms with van der Waals surface area (Å²) < 4.78 is 38.5. The Morgan fingerprint density at radius 3 is 2.19 bits per heavy atom. The molecule has 2 aromatic rings. The van der Waals surface area contributed by atoms with Gasteiger partial charge in [-0.05, 0) is 42.7 Å². The van der Waals surface area contributed by atoms with Gasteiger partial charge < -0.3 is 5.32 Å². The summed E-state index contributed by atoms with van der Waals surface area (Å²) >= 11 is 1.64. The van der Waals surface area contributed by atoms with E-state index in [-0.39, 0.29) is 11.3 Å². The predicted octanol–water partition coefficient (Wildman–Crippen LogP) is 6.20. The first kappa shape index (κ1) is 19.8. The van der Waals surface area contributed by atoms with Crippen LogP contribution in [0.2, 0.25) is 0 Å². The van der Waals surface area contributed by atoms with E-state index in [4.69, 9.17) is 0 Å². The van der Waals surface area contributed by atoms with Gasteiger partial charge in [0, 0.05) is 10.8 Å². The number of nitrogens with one attached hydrogen (secondary N) is 1. The van der Waals surface area contributed by atoms with Crippen molar-refractivity contribution in [1.82, 2.24) is 5.32 Å². The molecule has 1 aliphatic carbocycles. The number of hydrogen-bond acceptors (Lipinski definition) is 2. The van der Waals surface area contributed by atoms with Gasteiger partial charge in [-0.15, -0.1) is 11.8 Å². The van der Waals surface area contributed by atoms with Crippen LogP contribution in [-0.2, 0) is 6.18 Å². The van der Waals surface area contributed by atoms with Crippen LogP contribution in [0.25, 0.3) is 0 Å². The topological polar surface area (TPSA) is 29.1 Å². The lowest BCUT2D eigenvalue weighted by Gasteiger charge is -2.27. The zero-order chi connectivity index (χ0) is 19.3. The summed E-state index contributed by atoms with van der Waals surface area (Å²) in [5, 5.41) is 3.03. The lowest BCUT2D eigenvalue weighted by molar-refractivity contribution is -0.137. The second-order valence-electron chi connectivity index (χ2n) is 6.74. The smallest absolute Gasteiger partial charge is 0.336 e. The van der Waals surface area contributed by atoms with E-state index in [1.54, 1.807) is 36.0 Å². The van der Waals surface area contributed by atoms with Crippen molar-refractivity contribution in [1.29, 1.82) is 0 Å². The van der Waals surface area contributed by atoms with Crippen molar-refractivity contribution in [2.75, 3.05) is 0 Å². The normalized spacial score (nSPS) is 16.7. The Morgan fingerprint density at radius 2 is 1.59 bits per heavy atom. The Hall–Kier alpha value is -1.95. The van der Waals surface area contributed by atoms with Crippen LogP contribution in [0.1, 0.15) is 59.0 Å². The molecule has 3 rings (SSSR count). The fourth-order valence-electron chi connectivity index (χ4n) is 3.23. The minimum absolute atomic E-state index is 0.219. The van der Waals surface area contributed by atoms with Crippen LogP contribution in [0.3, 0.4) is 0 Å². The SMILES string of the molecule is O=C(NC(SC1CCCCC1)c1ccc(C(F)(F)F)cc1)c1ccccc1. The average molecular weight is 393 g/mol. The monoisotopic (exact) mass is 393 g/mol. The molecule has 6 heteroatoms. The second kappa shape index (κ2) is 8.83. The van der Waals surface area contributed by atoms with Gasteiger partial charge in [-0.25, -0.2) is 0 Å². The largest absolute Gasteiger partial charge is 0.416 e. The van der Waals surface area contributed by atoms with Gasteiger partial charge in [-0.2, -0.15) is 13.2 Å². The molecule has 0 aromatic heterocycles. The number of alkyl halides is 3. The van der Waals surface area contributed by atoms with E-state index in [2.05, 4.69) is 5.32 Å². The maximum Gasteiger partial charge on any atom is 0.416 e. The van der Waals surface area contributed by atoms with Gasteiger partial charge in [0.15, 0.2) is 0 Å². The summed E-state index contributed by atoms with van der Waals surface area (Å²) in [6, 6.07) is 14.0. The molecule has 1 unspecified atom stereocenters. The third-order valence-corrected chi connectivity index (χ3v) is 6.24. The first-order valence-electron chi connectivity index (χ1n) is 9.12. The third kappa shape index (κ3) is 5.51. The molecule has 1 aliphatic rings. The van der Waals surface area contributed by atoms with Crippen molar-refractivity contribution in [2.45, 2.75) is 48.9 Å². The number of carbonyl (C=O) groups excluding carboxylic acids is 1. The second-order valence-corrected chi connectivity index (χ2v) is 8.15. The molecule has 27 heavy (non-hydrogen) atoms. The molecule has 144 valence electrons. The van der Waals surface area contributed by atoms with E-state index in [1.165, 1.54) is 18.6 Å². The summed E-state index contributed by atoms with van der Waals surface area (Å²) in [6.07, 6.45) is 1.32. The van der Waals surface area contributed by atoms with Crippen molar-refractivity contribution in [3.8, 4) is 0 Å². The predicted molar refractivity (Wildman–Crippen MR) is 103 cm³/mol. The molecule has 2 aromatic carbocycles. The summed E-state index contributed by atoms with van der Waals surface area (Å²) in [5.74, 6) is -0.219. The van der Waals surface area contributed by atoms with Crippen LogP contribution in [0.4, 0.5) is 13.2 Å². The molecule has 1 N–H and O–H groups in total. The maximum absolute atomic E-state index is 12.8. The number of benzene rings is 2. The summed E-state index contributed by atoms with van der Waals surface area (Å²) in [6.45, 7) is 0. The fraction of sp³-hybridized carbons (Fsp3) is 0.381. The molecule has 1 fully saturated rings. The van der Waals surface area contributed by atoms with E-state index in [0.29, 0.717) is 16.4 Å². The van der Waals surface area contributed by atoms with E-state index in [0.717, 1.165) is 37.8 Å². The molecule has 0 bridgehead atoms. The Balaban J connectivity index is 1.79. The molecule has 0 aliphatic heterocycles. The van der Waals surface area contributed by atoms with E-state index in [1.807, 2.05) is 6.07 Å². The zero-order valence-corrected chi connectivity index (χ0v) is 15.7. The van der Waals surface area contributed by atoms with Gasteiger partial charge in [0.2, 0.25) is 0 Å². The number of amides is 1. The minimum atomic E-state index is -4.36. The van der Waals surface area contributed by atoms with Crippen LogP contribution in [0.15, 0.2) is 54.6 Å². The molecular weight excluding hydrogens is 371 g/mol. The van der Waals surface area contributed by atoms with Crippen LogP contribution < -0.4 is 5.32 Å². The molecule has 2 nitrogen and oxygen atoms in total. The van der Waals surface area contributed by atoms with Gasteiger partial charge in [0.05, 0.1) is 5.56 Å². The minimum Gasteiger partial charge on any atom is -0.336 e. The van der Waals surface area contributed by atoms with Crippen molar-refractivity contribution in [2.24, 2.45) is 0 Å².